The molecule has 0 bridgehead atoms. The van der Waals surface area contributed by atoms with Crippen LogP contribution in [-0.4, -0.2) is 41.2 Å². The number of amidine groups is 2. The van der Waals surface area contributed by atoms with Gasteiger partial charge in [-0.15, -0.1) is 0 Å². The minimum absolute atomic E-state index is 0.0614. The Morgan fingerprint density at radius 1 is 0.805 bits per heavy atom. The molecule has 0 saturated carbocycles. The largest absolute Gasteiger partial charge is 0.342 e. The molecular weight excluding hydrogens is 559 g/mol. The molecule has 0 atom stereocenters. The Hall–Kier alpha value is -3.46. The van der Waals surface area contributed by atoms with Crippen molar-refractivity contribution >= 4 is 34.6 Å². The summed E-state index contributed by atoms with van der Waals surface area (Å²) in [6.07, 6.45) is 2.11. The van der Waals surface area contributed by atoms with E-state index in [1.54, 1.807) is 19.1 Å². The molecule has 4 rings (SSSR count). The van der Waals surface area contributed by atoms with Gasteiger partial charge in [-0.1, -0.05) is 49.7 Å². The first-order valence-corrected chi connectivity index (χ1v) is 13.9. The molecule has 218 valence electrons. The number of rotatable bonds is 5. The molecular formula is C31H32ClF5N4. The third-order valence-corrected chi connectivity index (χ3v) is 7.53. The number of hydrogen-bond acceptors (Lipinski definition) is 2. The van der Waals surface area contributed by atoms with Gasteiger partial charge in [0.2, 0.25) is 5.82 Å². The summed E-state index contributed by atoms with van der Waals surface area (Å²) in [6.45, 7) is 10.4. The zero-order chi connectivity index (χ0) is 30.0. The predicted octanol–water partition coefficient (Wildman–Crippen LogP) is 8.57. The SMILES string of the molecule is CCc1cccc(CC)c1N=C(C)N1CCCN(C(=Nc2c(C)cc(C)cc2Cl)c2c(F)c(F)c(F)c(F)c2F)C1. The van der Waals surface area contributed by atoms with E-state index in [0.717, 1.165) is 35.2 Å². The predicted molar refractivity (Wildman–Crippen MR) is 154 cm³/mol. The van der Waals surface area contributed by atoms with Gasteiger partial charge < -0.3 is 9.80 Å². The average Bonchev–Trinajstić information content (AvgIpc) is 2.96. The van der Waals surface area contributed by atoms with Crippen LogP contribution in [0.4, 0.5) is 33.3 Å². The van der Waals surface area contributed by atoms with E-state index in [4.69, 9.17) is 16.6 Å². The molecule has 10 heteroatoms. The Morgan fingerprint density at radius 2 is 1.37 bits per heavy atom. The number of aliphatic imine (C=N–C) groups is 2. The van der Waals surface area contributed by atoms with Gasteiger partial charge in [0.25, 0.3) is 0 Å². The van der Waals surface area contributed by atoms with Gasteiger partial charge in [0, 0.05) is 13.1 Å². The number of benzene rings is 3. The summed E-state index contributed by atoms with van der Waals surface area (Å²) < 4.78 is 73.1. The lowest BCUT2D eigenvalue weighted by Gasteiger charge is -2.38. The minimum Gasteiger partial charge on any atom is -0.342 e. The zero-order valence-electron chi connectivity index (χ0n) is 23.7. The summed E-state index contributed by atoms with van der Waals surface area (Å²) in [4.78, 5) is 12.8. The molecule has 0 aromatic heterocycles. The van der Waals surface area contributed by atoms with E-state index in [2.05, 4.69) is 18.8 Å². The summed E-state index contributed by atoms with van der Waals surface area (Å²) in [7, 11) is 0. The van der Waals surface area contributed by atoms with E-state index in [-0.39, 0.29) is 23.9 Å². The van der Waals surface area contributed by atoms with Crippen molar-refractivity contribution in [1.82, 2.24) is 9.80 Å². The maximum absolute atomic E-state index is 15.2. The van der Waals surface area contributed by atoms with Crippen LogP contribution in [0.1, 0.15) is 55.0 Å². The topological polar surface area (TPSA) is 31.2 Å². The number of halogens is 6. The number of nitrogens with zero attached hydrogens (tertiary/aromatic N) is 4. The second-order valence-corrected chi connectivity index (χ2v) is 10.5. The Labute approximate surface area is 242 Å². The van der Waals surface area contributed by atoms with Gasteiger partial charge in [0.1, 0.15) is 11.7 Å². The van der Waals surface area contributed by atoms with Crippen LogP contribution in [0.3, 0.4) is 0 Å². The molecule has 41 heavy (non-hydrogen) atoms. The standard InChI is InChI=1S/C31H32ClF5N4/c1-6-20-10-8-11-21(7-2)30(20)38-19(5)40-12-9-13-41(16-40)31(39-29-18(4)14-17(3)15-22(29)32)23-24(33)26(35)28(37)27(36)25(23)34/h8,10-11,14-15H,6-7,9,12-13,16H2,1-5H3. The van der Waals surface area contributed by atoms with Crippen LogP contribution in [0, 0.1) is 42.9 Å². The molecule has 0 radical (unpaired) electrons. The van der Waals surface area contributed by atoms with Crippen LogP contribution in [0.25, 0.3) is 0 Å². The lowest BCUT2D eigenvalue weighted by molar-refractivity contribution is 0.211. The van der Waals surface area contributed by atoms with Gasteiger partial charge in [-0.25, -0.2) is 31.9 Å². The lowest BCUT2D eigenvalue weighted by Crippen LogP contribution is -2.49. The van der Waals surface area contributed by atoms with Crippen LogP contribution in [0.2, 0.25) is 5.02 Å². The summed E-state index contributed by atoms with van der Waals surface area (Å²) in [5.74, 6) is -9.93. The molecule has 0 amide bonds. The molecule has 0 unspecified atom stereocenters. The maximum atomic E-state index is 15.2. The summed E-state index contributed by atoms with van der Waals surface area (Å²) in [6, 6.07) is 9.44. The van der Waals surface area contributed by atoms with Crippen molar-refractivity contribution in [3.63, 3.8) is 0 Å². The highest BCUT2D eigenvalue weighted by Crippen LogP contribution is 2.34. The van der Waals surface area contributed by atoms with Gasteiger partial charge >= 0.3 is 0 Å². The maximum Gasteiger partial charge on any atom is 0.200 e. The number of aryl methyl sites for hydroxylation is 4. The second-order valence-electron chi connectivity index (χ2n) is 10.1. The molecule has 3 aromatic rings. The average molecular weight is 591 g/mol. The van der Waals surface area contributed by atoms with Gasteiger partial charge in [-0.2, -0.15) is 0 Å². The molecule has 1 aliphatic rings. The summed E-state index contributed by atoms with van der Waals surface area (Å²) in [5.41, 5.74) is 3.56. The van der Waals surface area contributed by atoms with Gasteiger partial charge in [-0.05, 0) is 68.4 Å². The number of para-hydroxylation sites is 1. The van der Waals surface area contributed by atoms with Crippen molar-refractivity contribution in [2.75, 3.05) is 19.8 Å². The highest BCUT2D eigenvalue weighted by molar-refractivity contribution is 6.33. The van der Waals surface area contributed by atoms with Crippen LogP contribution in [-0.2, 0) is 12.8 Å². The van der Waals surface area contributed by atoms with Crippen molar-refractivity contribution in [1.29, 1.82) is 0 Å². The van der Waals surface area contributed by atoms with Crippen molar-refractivity contribution in [3.05, 3.63) is 92.3 Å². The van der Waals surface area contributed by atoms with E-state index in [9.17, 15) is 13.2 Å². The van der Waals surface area contributed by atoms with E-state index in [0.29, 0.717) is 24.4 Å². The highest BCUT2D eigenvalue weighted by atomic mass is 35.5. The number of hydrogen-bond donors (Lipinski definition) is 0. The quantitative estimate of drug-likeness (QED) is 0.0980. The molecule has 1 fully saturated rings. The highest BCUT2D eigenvalue weighted by Gasteiger charge is 2.33. The van der Waals surface area contributed by atoms with Crippen LogP contribution in [0.5, 0.6) is 0 Å². The van der Waals surface area contributed by atoms with Crippen LogP contribution >= 0.6 is 11.6 Å². The zero-order valence-corrected chi connectivity index (χ0v) is 24.4. The smallest absolute Gasteiger partial charge is 0.200 e. The third kappa shape index (κ3) is 6.10. The monoisotopic (exact) mass is 590 g/mol. The lowest BCUT2D eigenvalue weighted by atomic mass is 10.0. The third-order valence-electron chi connectivity index (χ3n) is 7.24. The Balaban J connectivity index is 1.85. The van der Waals surface area contributed by atoms with Crippen molar-refractivity contribution in [2.45, 2.75) is 53.9 Å². The second kappa shape index (κ2) is 12.6. The molecule has 0 N–H and O–H groups in total. The van der Waals surface area contributed by atoms with Gasteiger partial charge in [0.15, 0.2) is 23.3 Å². The molecule has 1 heterocycles. The molecule has 0 spiro atoms. The van der Waals surface area contributed by atoms with Crippen molar-refractivity contribution in [2.24, 2.45) is 9.98 Å². The van der Waals surface area contributed by atoms with E-state index < -0.39 is 40.5 Å². The molecule has 1 saturated heterocycles. The fraction of sp³-hybridized carbons (Fsp3) is 0.355. The first kappa shape index (κ1) is 30.5. The van der Waals surface area contributed by atoms with Gasteiger partial charge in [-0.3, -0.25) is 0 Å². The molecule has 0 aliphatic carbocycles. The van der Waals surface area contributed by atoms with E-state index in [1.807, 2.05) is 36.9 Å². The van der Waals surface area contributed by atoms with E-state index >= 15 is 8.78 Å². The Morgan fingerprint density at radius 3 is 1.93 bits per heavy atom. The fourth-order valence-corrected chi connectivity index (χ4v) is 5.43. The molecule has 1 aliphatic heterocycles. The summed E-state index contributed by atoms with van der Waals surface area (Å²) >= 11 is 6.45. The summed E-state index contributed by atoms with van der Waals surface area (Å²) in [5, 5.41) is 0.193. The first-order valence-electron chi connectivity index (χ1n) is 13.5. The minimum atomic E-state index is -2.22. The fourth-order valence-electron chi connectivity index (χ4n) is 5.07. The molecule has 4 nitrogen and oxygen atoms in total. The Bertz CT molecular complexity index is 1460. The normalized spacial score (nSPS) is 14.7. The first-order chi connectivity index (χ1) is 19.5. The van der Waals surface area contributed by atoms with Crippen molar-refractivity contribution < 1.29 is 22.0 Å². The van der Waals surface area contributed by atoms with Crippen LogP contribution in [0.15, 0.2) is 40.3 Å². The molecule has 3 aromatic carbocycles. The van der Waals surface area contributed by atoms with Gasteiger partial charge in [0.05, 0.1) is 28.6 Å². The van der Waals surface area contributed by atoms with Crippen molar-refractivity contribution in [3.8, 4) is 0 Å². The Kier molecular flexibility index (Phi) is 9.37. The van der Waals surface area contributed by atoms with E-state index in [1.165, 1.54) is 4.90 Å². The van der Waals surface area contributed by atoms with Crippen LogP contribution < -0.4 is 0 Å².